The maximum atomic E-state index is 11.8. The molecule has 0 spiro atoms. The van der Waals surface area contributed by atoms with Crippen LogP contribution in [0.15, 0.2) is 48.5 Å². The van der Waals surface area contributed by atoms with E-state index in [2.05, 4.69) is 9.47 Å². The predicted molar refractivity (Wildman–Crippen MR) is 94.1 cm³/mol. The molecule has 0 radical (unpaired) electrons. The summed E-state index contributed by atoms with van der Waals surface area (Å²) in [7, 11) is 3.93. The van der Waals surface area contributed by atoms with E-state index in [4.69, 9.17) is 9.47 Å². The van der Waals surface area contributed by atoms with Gasteiger partial charge in [-0.05, 0) is 23.3 Å². The molecular weight excluding hydrogens is 338 g/mol. The minimum absolute atomic E-state index is 0.0228. The van der Waals surface area contributed by atoms with Crippen LogP contribution in [0, 0.1) is 0 Å². The summed E-state index contributed by atoms with van der Waals surface area (Å²) < 4.78 is 20.4. The Labute approximate surface area is 152 Å². The van der Waals surface area contributed by atoms with Crippen LogP contribution in [0.5, 0.6) is 11.5 Å². The number of amides is 2. The van der Waals surface area contributed by atoms with E-state index in [-0.39, 0.29) is 6.54 Å². The minimum Gasteiger partial charge on any atom is -0.493 e. The van der Waals surface area contributed by atoms with Crippen molar-refractivity contribution in [3.63, 3.8) is 0 Å². The zero-order chi connectivity index (χ0) is 18.9. The fourth-order valence-corrected chi connectivity index (χ4v) is 2.27. The van der Waals surface area contributed by atoms with Crippen LogP contribution < -0.4 is 9.47 Å². The summed E-state index contributed by atoms with van der Waals surface area (Å²) in [6.45, 7) is 0.337. The Balaban J connectivity index is 2.19. The number of benzene rings is 2. The van der Waals surface area contributed by atoms with Gasteiger partial charge in [0.05, 0.1) is 27.9 Å². The Bertz CT molecular complexity index is 731. The zero-order valence-electron chi connectivity index (χ0n) is 14.9. The molecule has 0 atom stereocenters. The van der Waals surface area contributed by atoms with E-state index in [0.29, 0.717) is 23.7 Å². The zero-order valence-corrected chi connectivity index (χ0v) is 14.9. The van der Waals surface area contributed by atoms with Crippen LogP contribution in [-0.2, 0) is 22.6 Å². The second-order valence-corrected chi connectivity index (χ2v) is 5.29. The van der Waals surface area contributed by atoms with Crippen molar-refractivity contribution in [1.82, 2.24) is 4.90 Å². The molecule has 26 heavy (non-hydrogen) atoms. The highest BCUT2D eigenvalue weighted by atomic mass is 16.6. The molecule has 0 saturated heterocycles. The molecule has 0 aliphatic heterocycles. The first-order chi connectivity index (χ1) is 12.6. The number of carbonyl (C=O) groups is 2. The smallest absolute Gasteiger partial charge is 0.419 e. The van der Waals surface area contributed by atoms with Crippen LogP contribution in [0.4, 0.5) is 9.59 Å². The maximum Gasteiger partial charge on any atom is 0.419 e. The van der Waals surface area contributed by atoms with Crippen LogP contribution >= 0.6 is 0 Å². The third kappa shape index (κ3) is 4.89. The molecule has 0 unspecified atom stereocenters. The van der Waals surface area contributed by atoms with E-state index in [9.17, 15) is 9.59 Å². The molecule has 0 fully saturated rings. The second-order valence-electron chi connectivity index (χ2n) is 5.29. The average molecular weight is 359 g/mol. The number of imide groups is 1. The van der Waals surface area contributed by atoms with Crippen LogP contribution in [0.3, 0.4) is 0 Å². The van der Waals surface area contributed by atoms with Crippen molar-refractivity contribution in [1.29, 1.82) is 0 Å². The molecule has 138 valence electrons. The van der Waals surface area contributed by atoms with Gasteiger partial charge in [0, 0.05) is 0 Å². The molecule has 7 nitrogen and oxygen atoms in total. The maximum absolute atomic E-state index is 11.8. The highest BCUT2D eigenvalue weighted by molar-refractivity contribution is 5.87. The van der Waals surface area contributed by atoms with Gasteiger partial charge in [-0.25, -0.2) is 14.5 Å². The number of methoxy groups -OCH3 is 3. The summed E-state index contributed by atoms with van der Waals surface area (Å²) >= 11 is 0. The topological polar surface area (TPSA) is 74.3 Å². The molecule has 0 saturated carbocycles. The van der Waals surface area contributed by atoms with E-state index >= 15 is 0 Å². The summed E-state index contributed by atoms with van der Waals surface area (Å²) in [5.74, 6) is 1.05. The Hall–Kier alpha value is -3.22. The van der Waals surface area contributed by atoms with Gasteiger partial charge in [-0.15, -0.1) is 0 Å². The lowest BCUT2D eigenvalue weighted by Gasteiger charge is -2.19. The SMILES string of the molecule is COC(=O)N(Cc1ccc(OC)c(OCc2ccccc2)c1)C(=O)OC. The fourth-order valence-electron chi connectivity index (χ4n) is 2.27. The van der Waals surface area contributed by atoms with E-state index in [1.165, 1.54) is 14.2 Å². The molecule has 0 aliphatic carbocycles. The Morgan fingerprint density at radius 1 is 0.846 bits per heavy atom. The molecule has 2 rings (SSSR count). The van der Waals surface area contributed by atoms with E-state index < -0.39 is 12.2 Å². The van der Waals surface area contributed by atoms with Gasteiger partial charge in [-0.2, -0.15) is 0 Å². The number of hydrogen-bond acceptors (Lipinski definition) is 6. The summed E-state index contributed by atoms with van der Waals surface area (Å²) in [5.41, 5.74) is 1.66. The van der Waals surface area contributed by atoms with Crippen molar-refractivity contribution in [2.75, 3.05) is 21.3 Å². The van der Waals surface area contributed by atoms with Crippen LogP contribution in [0.1, 0.15) is 11.1 Å². The molecule has 0 heterocycles. The van der Waals surface area contributed by atoms with Gasteiger partial charge in [0.25, 0.3) is 0 Å². The van der Waals surface area contributed by atoms with Crippen LogP contribution in [0.25, 0.3) is 0 Å². The summed E-state index contributed by atoms with van der Waals surface area (Å²) in [6, 6.07) is 14.8. The molecule has 7 heteroatoms. The third-order valence-corrected chi connectivity index (χ3v) is 3.60. The molecule has 0 aromatic heterocycles. The van der Waals surface area contributed by atoms with E-state index in [1.807, 2.05) is 30.3 Å². The Morgan fingerprint density at radius 2 is 1.50 bits per heavy atom. The number of ether oxygens (including phenoxy) is 4. The Kier molecular flexibility index (Phi) is 6.84. The second kappa shape index (κ2) is 9.31. The first-order valence-electron chi connectivity index (χ1n) is 7.86. The third-order valence-electron chi connectivity index (χ3n) is 3.60. The lowest BCUT2D eigenvalue weighted by Crippen LogP contribution is -2.36. The van der Waals surface area contributed by atoms with Gasteiger partial charge in [-0.3, -0.25) is 0 Å². The summed E-state index contributed by atoms with van der Waals surface area (Å²) in [4.78, 5) is 24.4. The Morgan fingerprint density at radius 3 is 2.08 bits per heavy atom. The monoisotopic (exact) mass is 359 g/mol. The standard InChI is InChI=1S/C19H21NO6/c1-23-16-10-9-15(12-20(18(21)24-2)19(22)25-3)11-17(16)26-13-14-7-5-4-6-8-14/h4-11H,12-13H2,1-3H3. The molecule has 2 aromatic carbocycles. The molecule has 0 N–H and O–H groups in total. The first kappa shape index (κ1) is 19.1. The number of hydrogen-bond donors (Lipinski definition) is 0. The van der Waals surface area contributed by atoms with Gasteiger partial charge >= 0.3 is 12.2 Å². The number of rotatable bonds is 6. The van der Waals surface area contributed by atoms with Crippen molar-refractivity contribution in [2.24, 2.45) is 0 Å². The highest BCUT2D eigenvalue weighted by Gasteiger charge is 2.23. The van der Waals surface area contributed by atoms with Crippen molar-refractivity contribution in [3.05, 3.63) is 59.7 Å². The van der Waals surface area contributed by atoms with Crippen molar-refractivity contribution >= 4 is 12.2 Å². The van der Waals surface area contributed by atoms with Crippen molar-refractivity contribution < 1.29 is 28.5 Å². The van der Waals surface area contributed by atoms with Gasteiger partial charge in [0.2, 0.25) is 0 Å². The molecule has 2 aromatic rings. The first-order valence-corrected chi connectivity index (χ1v) is 7.86. The van der Waals surface area contributed by atoms with Gasteiger partial charge in [0.15, 0.2) is 11.5 Å². The van der Waals surface area contributed by atoms with Gasteiger partial charge < -0.3 is 18.9 Å². The lowest BCUT2D eigenvalue weighted by molar-refractivity contribution is 0.0960. The predicted octanol–water partition coefficient (Wildman–Crippen LogP) is 3.61. The normalized spacial score (nSPS) is 9.96. The average Bonchev–Trinajstić information content (AvgIpc) is 2.70. The number of nitrogens with zero attached hydrogens (tertiary/aromatic N) is 1. The number of carbonyl (C=O) groups excluding carboxylic acids is 2. The molecule has 0 bridgehead atoms. The minimum atomic E-state index is -0.806. The molecule has 2 amide bonds. The van der Waals surface area contributed by atoms with Gasteiger partial charge in [-0.1, -0.05) is 36.4 Å². The largest absolute Gasteiger partial charge is 0.493 e. The molecule has 0 aliphatic rings. The van der Waals surface area contributed by atoms with Crippen LogP contribution in [-0.4, -0.2) is 38.4 Å². The van der Waals surface area contributed by atoms with Crippen molar-refractivity contribution in [3.8, 4) is 11.5 Å². The lowest BCUT2D eigenvalue weighted by atomic mass is 10.2. The van der Waals surface area contributed by atoms with Crippen LogP contribution in [0.2, 0.25) is 0 Å². The quantitative estimate of drug-likeness (QED) is 0.784. The highest BCUT2D eigenvalue weighted by Crippen LogP contribution is 2.29. The summed E-state index contributed by atoms with van der Waals surface area (Å²) in [6.07, 6.45) is -1.61. The fraction of sp³-hybridized carbons (Fsp3) is 0.263. The molecular formula is C19H21NO6. The summed E-state index contributed by atoms with van der Waals surface area (Å²) in [5, 5.41) is 0. The van der Waals surface area contributed by atoms with Crippen molar-refractivity contribution in [2.45, 2.75) is 13.2 Å². The van der Waals surface area contributed by atoms with E-state index in [0.717, 1.165) is 10.5 Å². The van der Waals surface area contributed by atoms with E-state index in [1.54, 1.807) is 25.3 Å². The van der Waals surface area contributed by atoms with Gasteiger partial charge in [0.1, 0.15) is 6.61 Å².